The van der Waals surface area contributed by atoms with Crippen LogP contribution in [-0.2, 0) is 4.74 Å². The topological polar surface area (TPSA) is 90.5 Å². The average molecular weight is 615 g/mol. The normalized spacial score (nSPS) is 21.1. The number of hydrogen-bond acceptors (Lipinski definition) is 7. The van der Waals surface area contributed by atoms with Crippen molar-refractivity contribution in [2.75, 3.05) is 38.6 Å². The van der Waals surface area contributed by atoms with E-state index >= 15 is 4.39 Å². The molecule has 0 aliphatic carbocycles. The quantitative estimate of drug-likeness (QED) is 0.368. The molecule has 2 saturated heterocycles. The molecule has 0 unspecified atom stereocenters. The SMILES string of the molecule is Cc1cc2c(nc(N3CC(C)(N(C)C)C3)c3ncn([C@H]4CCN(C(=O)OC(C)(C)C)[C@H](CC#N)C4)c32)c(F)c1Br. The highest BCUT2D eigenvalue weighted by molar-refractivity contribution is 9.10. The molecule has 9 nitrogen and oxygen atoms in total. The third-order valence-corrected chi connectivity index (χ3v) is 9.29. The second-order valence-electron chi connectivity index (χ2n) is 12.6. The maximum Gasteiger partial charge on any atom is 0.410 e. The van der Waals surface area contributed by atoms with Gasteiger partial charge in [0.15, 0.2) is 11.6 Å². The van der Waals surface area contributed by atoms with Crippen LogP contribution in [0.25, 0.3) is 21.9 Å². The van der Waals surface area contributed by atoms with Crippen molar-refractivity contribution in [3.63, 3.8) is 0 Å². The van der Waals surface area contributed by atoms with Gasteiger partial charge in [-0.2, -0.15) is 5.26 Å². The van der Waals surface area contributed by atoms with Crippen LogP contribution in [0, 0.1) is 24.1 Å². The number of hydrogen-bond donors (Lipinski definition) is 0. The molecule has 1 amide bonds. The van der Waals surface area contributed by atoms with E-state index in [0.29, 0.717) is 40.6 Å². The van der Waals surface area contributed by atoms with Crippen molar-refractivity contribution in [1.29, 1.82) is 5.26 Å². The molecule has 2 aliphatic heterocycles. The van der Waals surface area contributed by atoms with Crippen LogP contribution in [-0.4, -0.2) is 81.3 Å². The van der Waals surface area contributed by atoms with Gasteiger partial charge in [0.1, 0.15) is 16.6 Å². The van der Waals surface area contributed by atoms with Crippen LogP contribution in [0.2, 0.25) is 0 Å². The van der Waals surface area contributed by atoms with E-state index in [1.165, 1.54) is 0 Å². The van der Waals surface area contributed by atoms with Crippen molar-refractivity contribution in [2.45, 2.75) is 77.1 Å². The Morgan fingerprint density at radius 2 is 2.02 bits per heavy atom. The van der Waals surface area contributed by atoms with Gasteiger partial charge >= 0.3 is 6.09 Å². The summed E-state index contributed by atoms with van der Waals surface area (Å²) >= 11 is 3.41. The molecule has 0 spiro atoms. The predicted octanol–water partition coefficient (Wildman–Crippen LogP) is 5.79. The van der Waals surface area contributed by atoms with Gasteiger partial charge in [-0.25, -0.2) is 19.2 Å². The Morgan fingerprint density at radius 1 is 1.32 bits per heavy atom. The summed E-state index contributed by atoms with van der Waals surface area (Å²) in [6.07, 6.45) is 2.84. The number of pyridine rings is 1. The number of aromatic nitrogens is 3. The van der Waals surface area contributed by atoms with Crippen molar-refractivity contribution in [3.05, 3.63) is 28.2 Å². The summed E-state index contributed by atoms with van der Waals surface area (Å²) in [6.45, 7) is 11.6. The van der Waals surface area contributed by atoms with Gasteiger partial charge in [0.25, 0.3) is 0 Å². The summed E-state index contributed by atoms with van der Waals surface area (Å²) < 4.78 is 23.8. The van der Waals surface area contributed by atoms with Crippen LogP contribution >= 0.6 is 15.9 Å². The number of aryl methyl sites for hydroxylation is 1. The molecule has 0 saturated carbocycles. The zero-order chi connectivity index (χ0) is 29.1. The number of rotatable bonds is 4. The zero-order valence-electron chi connectivity index (χ0n) is 24.3. The van der Waals surface area contributed by atoms with E-state index in [1.807, 2.05) is 40.1 Å². The van der Waals surface area contributed by atoms with E-state index in [2.05, 4.69) is 57.4 Å². The highest BCUT2D eigenvalue weighted by Crippen LogP contribution is 2.41. The molecule has 3 aromatic rings. The molecule has 40 heavy (non-hydrogen) atoms. The summed E-state index contributed by atoms with van der Waals surface area (Å²) in [6, 6.07) is 3.88. The number of nitriles is 1. The van der Waals surface area contributed by atoms with Crippen LogP contribution in [0.3, 0.4) is 0 Å². The molecule has 0 radical (unpaired) electrons. The van der Waals surface area contributed by atoms with Crippen LogP contribution in [0.5, 0.6) is 0 Å². The fourth-order valence-electron chi connectivity index (χ4n) is 5.83. The van der Waals surface area contributed by atoms with Gasteiger partial charge in [0.2, 0.25) is 0 Å². The highest BCUT2D eigenvalue weighted by atomic mass is 79.9. The number of carbonyl (C=O) groups excluding carboxylic acids is 1. The summed E-state index contributed by atoms with van der Waals surface area (Å²) in [7, 11) is 4.13. The Balaban J connectivity index is 1.59. The number of likely N-dealkylation sites (tertiary alicyclic amines) is 1. The van der Waals surface area contributed by atoms with E-state index in [4.69, 9.17) is 14.7 Å². The van der Waals surface area contributed by atoms with Crippen molar-refractivity contribution < 1.29 is 13.9 Å². The van der Waals surface area contributed by atoms with Crippen molar-refractivity contribution in [1.82, 2.24) is 24.3 Å². The van der Waals surface area contributed by atoms with Crippen LogP contribution in [0.1, 0.15) is 58.6 Å². The van der Waals surface area contributed by atoms with E-state index in [9.17, 15) is 10.1 Å². The number of ether oxygens (including phenoxy) is 1. The highest BCUT2D eigenvalue weighted by Gasteiger charge is 2.43. The number of anilines is 1. The maximum atomic E-state index is 15.7. The van der Waals surface area contributed by atoms with E-state index in [-0.39, 0.29) is 29.9 Å². The molecule has 0 bridgehead atoms. The summed E-state index contributed by atoms with van der Waals surface area (Å²) in [4.78, 5) is 28.7. The second kappa shape index (κ2) is 10.1. The first-order chi connectivity index (χ1) is 18.7. The molecule has 5 rings (SSSR count). The first-order valence-electron chi connectivity index (χ1n) is 13.7. The lowest BCUT2D eigenvalue weighted by atomic mass is 9.90. The minimum atomic E-state index is -0.621. The number of amides is 1. The first kappa shape index (κ1) is 28.6. The van der Waals surface area contributed by atoms with Gasteiger partial charge in [-0.05, 0) is 89.1 Å². The van der Waals surface area contributed by atoms with Crippen molar-refractivity contribution in [3.8, 4) is 6.07 Å². The van der Waals surface area contributed by atoms with E-state index in [1.54, 1.807) is 4.90 Å². The predicted molar refractivity (Wildman–Crippen MR) is 157 cm³/mol. The van der Waals surface area contributed by atoms with E-state index < -0.39 is 11.7 Å². The molecule has 2 aromatic heterocycles. The van der Waals surface area contributed by atoms with Crippen molar-refractivity contribution >= 4 is 49.8 Å². The number of imidazole rings is 1. The Hall–Kier alpha value is -2.97. The third kappa shape index (κ3) is 4.90. The monoisotopic (exact) mass is 613 g/mol. The number of benzene rings is 1. The standard InChI is InChI=1S/C29H37BrFN7O2/c1-17-12-20-23(22(31)21(17)30)34-26(36-14-29(5,15-36)35(6)7)24-25(20)38(16-33-24)19-9-11-37(18(13-19)8-10-32)27(39)40-28(2,3)4/h12,16,18-19H,8-9,11,13-15H2,1-7H3/t18-,19+/m1/s1. The van der Waals surface area contributed by atoms with Crippen molar-refractivity contribution in [2.24, 2.45) is 0 Å². The Labute approximate surface area is 243 Å². The van der Waals surface area contributed by atoms with Crippen LogP contribution in [0.15, 0.2) is 16.9 Å². The Morgan fingerprint density at radius 3 is 2.65 bits per heavy atom. The van der Waals surface area contributed by atoms with E-state index in [0.717, 1.165) is 29.7 Å². The molecule has 0 N–H and O–H groups in total. The first-order valence-corrected chi connectivity index (χ1v) is 14.5. The summed E-state index contributed by atoms with van der Waals surface area (Å²) in [5, 5.41) is 10.3. The number of fused-ring (bicyclic) bond motifs is 3. The lowest BCUT2D eigenvalue weighted by Crippen LogP contribution is -2.67. The lowest BCUT2D eigenvalue weighted by molar-refractivity contribution is 0.00618. The molecular formula is C29H37BrFN7O2. The largest absolute Gasteiger partial charge is 0.444 e. The third-order valence-electron chi connectivity index (χ3n) is 8.32. The molecule has 214 valence electrons. The Bertz CT molecular complexity index is 1520. The van der Waals surface area contributed by atoms with Gasteiger partial charge in [0, 0.05) is 37.1 Å². The number of carbonyl (C=O) groups is 1. The fraction of sp³-hybridized carbons (Fsp3) is 0.586. The molecule has 4 heterocycles. The van der Waals surface area contributed by atoms with Crippen LogP contribution in [0.4, 0.5) is 15.0 Å². The smallest absolute Gasteiger partial charge is 0.410 e. The minimum absolute atomic E-state index is 0.00304. The van der Waals surface area contributed by atoms with Gasteiger partial charge < -0.3 is 24.0 Å². The molecule has 2 atom stereocenters. The van der Waals surface area contributed by atoms with Gasteiger partial charge in [-0.3, -0.25) is 0 Å². The molecule has 2 aliphatic rings. The molecular weight excluding hydrogens is 577 g/mol. The molecule has 11 heteroatoms. The molecule has 1 aromatic carbocycles. The summed E-state index contributed by atoms with van der Waals surface area (Å²) in [5.41, 5.74) is 2.03. The minimum Gasteiger partial charge on any atom is -0.444 e. The number of nitrogens with zero attached hydrogens (tertiary/aromatic N) is 7. The fourth-order valence-corrected chi connectivity index (χ4v) is 6.13. The summed E-state index contributed by atoms with van der Waals surface area (Å²) in [5.74, 6) is 0.291. The van der Waals surface area contributed by atoms with Gasteiger partial charge in [-0.15, -0.1) is 0 Å². The van der Waals surface area contributed by atoms with Gasteiger partial charge in [-0.1, -0.05) is 0 Å². The average Bonchev–Trinajstić information content (AvgIpc) is 3.30. The number of likely N-dealkylation sites (N-methyl/N-ethyl adjacent to an activating group) is 1. The van der Waals surface area contributed by atoms with Gasteiger partial charge in [0.05, 0.1) is 34.3 Å². The Kier molecular flexibility index (Phi) is 7.24. The lowest BCUT2D eigenvalue weighted by Gasteiger charge is -2.52. The number of halogens is 2. The number of piperidine rings is 1. The second-order valence-corrected chi connectivity index (χ2v) is 13.4. The zero-order valence-corrected chi connectivity index (χ0v) is 25.8. The maximum absolute atomic E-state index is 15.7. The van der Waals surface area contributed by atoms with Crippen LogP contribution < -0.4 is 4.90 Å². The molecule has 2 fully saturated rings.